The minimum absolute atomic E-state index is 0.0725. The van der Waals surface area contributed by atoms with Gasteiger partial charge in [-0.15, -0.1) is 0 Å². The predicted octanol–water partition coefficient (Wildman–Crippen LogP) is 3.39. The fourth-order valence-corrected chi connectivity index (χ4v) is 5.03. The van der Waals surface area contributed by atoms with Gasteiger partial charge >= 0.3 is 0 Å². The van der Waals surface area contributed by atoms with Crippen LogP contribution in [-0.2, 0) is 16.6 Å². The summed E-state index contributed by atoms with van der Waals surface area (Å²) >= 11 is 0. The van der Waals surface area contributed by atoms with Crippen molar-refractivity contribution in [3.63, 3.8) is 0 Å². The molecule has 34 heavy (non-hydrogen) atoms. The van der Waals surface area contributed by atoms with Crippen molar-refractivity contribution >= 4 is 21.6 Å². The number of benzene rings is 3. The smallest absolute Gasteiger partial charge is 0.253 e. The molecule has 1 saturated heterocycles. The van der Waals surface area contributed by atoms with Crippen molar-refractivity contribution in [2.75, 3.05) is 31.1 Å². The number of nitriles is 1. The fourth-order valence-electron chi connectivity index (χ4n) is 3.96. The Labute approximate surface area is 200 Å². The lowest BCUT2D eigenvalue weighted by molar-refractivity contribution is 0.0766. The van der Waals surface area contributed by atoms with Crippen LogP contribution in [0.25, 0.3) is 0 Å². The van der Waals surface area contributed by atoms with Crippen molar-refractivity contribution in [3.05, 3.63) is 95.6 Å². The third-order valence-electron chi connectivity index (χ3n) is 5.85. The van der Waals surface area contributed by atoms with Crippen LogP contribution in [0.4, 0.5) is 5.69 Å². The standard InChI is InChI=1S/C26H26N4O3S/c27-19-21-10-12-24(13-11-21)29-14-5-15-30(17-16-29)26(31)23-8-4-9-25(18-23)34(32,33)28-20-22-6-2-1-3-7-22/h1-4,6-13,18,28H,5,14-17,20H2. The largest absolute Gasteiger partial charge is 0.370 e. The van der Waals surface area contributed by atoms with Crippen LogP contribution in [0.3, 0.4) is 0 Å². The summed E-state index contributed by atoms with van der Waals surface area (Å²) < 4.78 is 28.2. The maximum atomic E-state index is 13.2. The molecule has 1 heterocycles. The van der Waals surface area contributed by atoms with Crippen LogP contribution in [0, 0.1) is 11.3 Å². The molecule has 1 amide bonds. The van der Waals surface area contributed by atoms with E-state index < -0.39 is 10.0 Å². The zero-order valence-electron chi connectivity index (χ0n) is 18.7. The average Bonchev–Trinajstić information content (AvgIpc) is 3.14. The Morgan fingerprint density at radius 3 is 2.41 bits per heavy atom. The summed E-state index contributed by atoms with van der Waals surface area (Å²) in [5.41, 5.74) is 2.85. The maximum Gasteiger partial charge on any atom is 0.253 e. The summed E-state index contributed by atoms with van der Waals surface area (Å²) in [6.45, 7) is 2.76. The summed E-state index contributed by atoms with van der Waals surface area (Å²) in [7, 11) is -3.75. The van der Waals surface area contributed by atoms with E-state index >= 15 is 0 Å². The van der Waals surface area contributed by atoms with E-state index in [1.807, 2.05) is 42.5 Å². The predicted molar refractivity (Wildman–Crippen MR) is 131 cm³/mol. The normalized spacial score (nSPS) is 14.3. The number of carbonyl (C=O) groups is 1. The van der Waals surface area contributed by atoms with Crippen LogP contribution in [-0.4, -0.2) is 45.4 Å². The van der Waals surface area contributed by atoms with Crippen LogP contribution in [0.5, 0.6) is 0 Å². The van der Waals surface area contributed by atoms with Gasteiger partial charge in [0.25, 0.3) is 5.91 Å². The molecular formula is C26H26N4O3S. The Balaban J connectivity index is 1.42. The molecule has 7 nitrogen and oxygen atoms in total. The second-order valence-corrected chi connectivity index (χ2v) is 9.90. The van der Waals surface area contributed by atoms with E-state index in [1.165, 1.54) is 12.1 Å². The van der Waals surface area contributed by atoms with E-state index in [4.69, 9.17) is 5.26 Å². The molecule has 1 N–H and O–H groups in total. The van der Waals surface area contributed by atoms with Crippen LogP contribution < -0.4 is 9.62 Å². The number of hydrogen-bond donors (Lipinski definition) is 1. The van der Waals surface area contributed by atoms with Crippen LogP contribution >= 0.6 is 0 Å². The molecule has 4 rings (SSSR count). The van der Waals surface area contributed by atoms with Gasteiger partial charge in [-0.2, -0.15) is 5.26 Å². The van der Waals surface area contributed by atoms with E-state index in [0.717, 1.165) is 24.2 Å². The molecule has 0 unspecified atom stereocenters. The van der Waals surface area contributed by atoms with Crippen molar-refractivity contribution in [1.82, 2.24) is 9.62 Å². The molecular weight excluding hydrogens is 448 g/mol. The van der Waals surface area contributed by atoms with Gasteiger partial charge in [0.15, 0.2) is 0 Å². The third kappa shape index (κ3) is 5.63. The lowest BCUT2D eigenvalue weighted by atomic mass is 10.2. The molecule has 1 aliphatic heterocycles. The monoisotopic (exact) mass is 474 g/mol. The summed E-state index contributed by atoms with van der Waals surface area (Å²) in [5, 5.41) is 8.99. The highest BCUT2D eigenvalue weighted by Crippen LogP contribution is 2.19. The minimum atomic E-state index is -3.75. The molecule has 3 aromatic carbocycles. The molecule has 8 heteroatoms. The quantitative estimate of drug-likeness (QED) is 0.591. The Hall–Kier alpha value is -3.67. The van der Waals surface area contributed by atoms with Crippen LogP contribution in [0.1, 0.15) is 27.9 Å². The fraction of sp³-hybridized carbons (Fsp3) is 0.231. The molecule has 3 aromatic rings. The molecule has 0 aromatic heterocycles. The average molecular weight is 475 g/mol. The molecule has 0 aliphatic carbocycles. The van der Waals surface area contributed by atoms with Gasteiger partial charge < -0.3 is 9.80 Å². The zero-order valence-corrected chi connectivity index (χ0v) is 19.5. The molecule has 0 spiro atoms. The van der Waals surface area contributed by atoms with Gasteiger partial charge in [-0.25, -0.2) is 13.1 Å². The van der Waals surface area contributed by atoms with Gasteiger partial charge in [0.1, 0.15) is 0 Å². The molecule has 1 aliphatic rings. The highest BCUT2D eigenvalue weighted by molar-refractivity contribution is 7.89. The zero-order chi connectivity index (χ0) is 24.0. The summed E-state index contributed by atoms with van der Waals surface area (Å²) in [6.07, 6.45) is 0.794. The lowest BCUT2D eigenvalue weighted by Crippen LogP contribution is -2.35. The Bertz CT molecular complexity index is 1290. The number of rotatable bonds is 6. The molecule has 0 atom stereocenters. The van der Waals surface area contributed by atoms with E-state index in [1.54, 1.807) is 29.2 Å². The van der Waals surface area contributed by atoms with E-state index in [2.05, 4.69) is 15.7 Å². The number of nitrogens with zero attached hydrogens (tertiary/aromatic N) is 3. The topological polar surface area (TPSA) is 93.5 Å². The van der Waals surface area contributed by atoms with Crippen LogP contribution in [0.15, 0.2) is 83.8 Å². The first kappa shape index (κ1) is 23.5. The van der Waals surface area contributed by atoms with Crippen molar-refractivity contribution in [2.45, 2.75) is 17.9 Å². The summed E-state index contributed by atoms with van der Waals surface area (Å²) in [4.78, 5) is 17.2. The molecule has 0 bridgehead atoms. The number of hydrogen-bond acceptors (Lipinski definition) is 5. The van der Waals surface area contributed by atoms with E-state index in [-0.39, 0.29) is 17.3 Å². The number of amides is 1. The maximum absolute atomic E-state index is 13.2. The number of anilines is 1. The van der Waals surface area contributed by atoms with Crippen molar-refractivity contribution in [3.8, 4) is 6.07 Å². The lowest BCUT2D eigenvalue weighted by Gasteiger charge is -2.24. The highest BCUT2D eigenvalue weighted by Gasteiger charge is 2.22. The number of carbonyl (C=O) groups excluding carboxylic acids is 1. The van der Waals surface area contributed by atoms with Gasteiger partial charge in [0, 0.05) is 44.0 Å². The summed E-state index contributed by atoms with van der Waals surface area (Å²) in [5.74, 6) is -0.179. The number of nitrogens with one attached hydrogen (secondary N) is 1. The highest BCUT2D eigenvalue weighted by atomic mass is 32.2. The second-order valence-electron chi connectivity index (χ2n) is 8.13. The van der Waals surface area contributed by atoms with Crippen molar-refractivity contribution in [1.29, 1.82) is 5.26 Å². The van der Waals surface area contributed by atoms with Gasteiger partial charge in [-0.1, -0.05) is 36.4 Å². The molecule has 0 saturated carbocycles. The van der Waals surface area contributed by atoms with Gasteiger partial charge in [0.05, 0.1) is 16.5 Å². The minimum Gasteiger partial charge on any atom is -0.370 e. The molecule has 0 radical (unpaired) electrons. The van der Waals surface area contributed by atoms with Crippen molar-refractivity contribution in [2.24, 2.45) is 0 Å². The molecule has 1 fully saturated rings. The van der Waals surface area contributed by atoms with Crippen molar-refractivity contribution < 1.29 is 13.2 Å². The third-order valence-corrected chi connectivity index (χ3v) is 7.24. The van der Waals surface area contributed by atoms with Gasteiger partial charge in [-0.3, -0.25) is 4.79 Å². The Morgan fingerprint density at radius 2 is 1.68 bits per heavy atom. The Morgan fingerprint density at radius 1 is 0.912 bits per heavy atom. The second kappa shape index (κ2) is 10.5. The van der Waals surface area contributed by atoms with E-state index in [9.17, 15) is 13.2 Å². The molecule has 174 valence electrons. The first-order chi connectivity index (χ1) is 16.5. The SMILES string of the molecule is N#Cc1ccc(N2CCCN(C(=O)c3cccc(S(=O)(=O)NCc4ccccc4)c3)CC2)cc1. The van der Waals surface area contributed by atoms with Crippen LogP contribution in [0.2, 0.25) is 0 Å². The first-order valence-corrected chi connectivity index (χ1v) is 12.6. The Kier molecular flexibility index (Phi) is 7.26. The summed E-state index contributed by atoms with van der Waals surface area (Å²) in [6, 6.07) is 25.0. The first-order valence-electron chi connectivity index (χ1n) is 11.1. The van der Waals surface area contributed by atoms with E-state index in [0.29, 0.717) is 30.8 Å². The van der Waals surface area contributed by atoms with Gasteiger partial charge in [-0.05, 0) is 54.4 Å². The number of sulfonamides is 1. The van der Waals surface area contributed by atoms with Gasteiger partial charge in [0.2, 0.25) is 10.0 Å².